The molecule has 0 radical (unpaired) electrons. The monoisotopic (exact) mass is 483 g/mol. The third-order valence-corrected chi connectivity index (χ3v) is 7.80. The lowest BCUT2D eigenvalue weighted by molar-refractivity contribution is 0.0951. The van der Waals surface area contributed by atoms with Gasteiger partial charge in [-0.25, -0.2) is 17.7 Å². The Morgan fingerprint density at radius 3 is 2.50 bits per heavy atom. The lowest BCUT2D eigenvalue weighted by atomic mass is 10.2. The van der Waals surface area contributed by atoms with Crippen molar-refractivity contribution < 1.29 is 13.2 Å². The Balaban J connectivity index is 1.57. The zero-order valence-electron chi connectivity index (χ0n) is 19.4. The third kappa shape index (κ3) is 5.28. The van der Waals surface area contributed by atoms with E-state index in [4.69, 9.17) is 0 Å². The van der Waals surface area contributed by atoms with E-state index in [0.717, 1.165) is 18.4 Å². The maximum atomic E-state index is 12.8. The van der Waals surface area contributed by atoms with Crippen molar-refractivity contribution in [1.82, 2.24) is 23.7 Å². The van der Waals surface area contributed by atoms with Crippen molar-refractivity contribution in [2.45, 2.75) is 26.3 Å². The van der Waals surface area contributed by atoms with Crippen molar-refractivity contribution in [1.29, 1.82) is 0 Å². The molecule has 4 rings (SSSR count). The number of imidazole rings is 1. The van der Waals surface area contributed by atoms with Crippen LogP contribution in [0, 0.1) is 6.92 Å². The van der Waals surface area contributed by atoms with Crippen molar-refractivity contribution in [3.05, 3.63) is 76.0 Å². The van der Waals surface area contributed by atoms with E-state index in [-0.39, 0.29) is 23.6 Å². The number of amides is 1. The highest BCUT2D eigenvalue weighted by Gasteiger charge is 2.25. The van der Waals surface area contributed by atoms with Gasteiger partial charge in [0.25, 0.3) is 11.5 Å². The van der Waals surface area contributed by atoms with Gasteiger partial charge >= 0.3 is 0 Å². The van der Waals surface area contributed by atoms with Gasteiger partial charge in [0.15, 0.2) is 0 Å². The fourth-order valence-corrected chi connectivity index (χ4v) is 5.57. The normalized spacial score (nSPS) is 14.4. The summed E-state index contributed by atoms with van der Waals surface area (Å²) in [5, 5.41) is 2.69. The first-order valence-corrected chi connectivity index (χ1v) is 12.9. The van der Waals surface area contributed by atoms with E-state index >= 15 is 0 Å². The number of carbonyl (C=O) groups excluding carboxylic acids is 1. The summed E-state index contributed by atoms with van der Waals surface area (Å²) in [5.41, 5.74) is 2.42. The van der Waals surface area contributed by atoms with Crippen LogP contribution in [0.3, 0.4) is 0 Å². The highest BCUT2D eigenvalue weighted by atomic mass is 32.2. The number of nitrogens with one attached hydrogen (secondary N) is 1. The fraction of sp³-hybridized carbons (Fsp3) is 0.375. The fourth-order valence-electron chi connectivity index (χ4n) is 4.14. The first-order chi connectivity index (χ1) is 16.2. The minimum Gasteiger partial charge on any atom is -0.350 e. The summed E-state index contributed by atoms with van der Waals surface area (Å²) in [5.74, 6) is -0.0281. The smallest absolute Gasteiger partial charge is 0.271 e. The molecule has 2 aromatic heterocycles. The molecule has 0 spiro atoms. The SMILES string of the molecule is Cc1cc(-c2nc(C(=O)NCCS(=O)(=O)N3CCCC3)cn2Cc2ccccc2)cn(C)c1=O. The van der Waals surface area contributed by atoms with Crippen LogP contribution in [0.25, 0.3) is 11.4 Å². The van der Waals surface area contributed by atoms with Gasteiger partial charge in [-0.2, -0.15) is 0 Å². The van der Waals surface area contributed by atoms with Crippen molar-refractivity contribution in [3.8, 4) is 11.4 Å². The van der Waals surface area contributed by atoms with E-state index in [0.29, 0.717) is 36.6 Å². The molecule has 1 saturated heterocycles. The van der Waals surface area contributed by atoms with Gasteiger partial charge in [0.2, 0.25) is 10.0 Å². The molecular formula is C24H29N5O4S. The molecule has 1 aliphatic rings. The Labute approximate surface area is 199 Å². The molecule has 1 aromatic carbocycles. The van der Waals surface area contributed by atoms with E-state index in [2.05, 4.69) is 10.3 Å². The maximum absolute atomic E-state index is 12.8. The third-order valence-electron chi connectivity index (χ3n) is 5.93. The predicted molar refractivity (Wildman–Crippen MR) is 130 cm³/mol. The molecule has 9 nitrogen and oxygen atoms in total. The molecule has 0 bridgehead atoms. The molecule has 3 aromatic rings. The van der Waals surface area contributed by atoms with Crippen LogP contribution in [-0.2, 0) is 23.6 Å². The van der Waals surface area contributed by atoms with Gasteiger partial charge in [-0.1, -0.05) is 30.3 Å². The summed E-state index contributed by atoms with van der Waals surface area (Å²) < 4.78 is 29.7. The Hall–Kier alpha value is -3.24. The lowest BCUT2D eigenvalue weighted by Gasteiger charge is -2.15. The topological polar surface area (TPSA) is 106 Å². The lowest BCUT2D eigenvalue weighted by Crippen LogP contribution is -2.36. The maximum Gasteiger partial charge on any atom is 0.271 e. The zero-order valence-corrected chi connectivity index (χ0v) is 20.2. The molecule has 0 saturated carbocycles. The van der Waals surface area contributed by atoms with Crippen LogP contribution >= 0.6 is 0 Å². The van der Waals surface area contributed by atoms with Crippen LogP contribution in [0.1, 0.15) is 34.5 Å². The molecule has 0 atom stereocenters. The number of hydrogen-bond donors (Lipinski definition) is 1. The molecule has 0 unspecified atom stereocenters. The standard InChI is InChI=1S/C24H29N5O4S/c1-18-14-20(16-27(2)24(18)31)22-26-21(17-28(22)15-19-8-4-3-5-9-19)23(30)25-10-13-34(32,33)29-11-6-7-12-29/h3-5,8-9,14,16-17H,6-7,10-13,15H2,1-2H3,(H,25,30). The Morgan fingerprint density at radius 1 is 1.12 bits per heavy atom. The second-order valence-corrected chi connectivity index (χ2v) is 10.7. The number of aryl methyl sites for hydroxylation is 2. The second-order valence-electron chi connectivity index (χ2n) is 8.57. The largest absolute Gasteiger partial charge is 0.350 e. The molecule has 1 aliphatic heterocycles. The molecule has 180 valence electrons. The molecule has 3 heterocycles. The number of carbonyl (C=O) groups is 1. The number of nitrogens with zero attached hydrogens (tertiary/aromatic N) is 4. The quantitative estimate of drug-likeness (QED) is 0.526. The van der Waals surface area contributed by atoms with E-state index in [1.165, 1.54) is 8.87 Å². The zero-order chi connectivity index (χ0) is 24.3. The average molecular weight is 484 g/mol. The van der Waals surface area contributed by atoms with Crippen LogP contribution in [0.15, 0.2) is 53.6 Å². The summed E-state index contributed by atoms with van der Waals surface area (Å²) in [6.07, 6.45) is 5.10. The predicted octanol–water partition coefficient (Wildman–Crippen LogP) is 1.76. The Kier molecular flexibility index (Phi) is 6.99. The summed E-state index contributed by atoms with van der Waals surface area (Å²) in [6, 6.07) is 11.5. The summed E-state index contributed by atoms with van der Waals surface area (Å²) in [7, 11) is -1.70. The molecular weight excluding hydrogens is 454 g/mol. The van der Waals surface area contributed by atoms with Crippen LogP contribution in [-0.4, -0.2) is 58.1 Å². The number of benzene rings is 1. The highest BCUT2D eigenvalue weighted by molar-refractivity contribution is 7.89. The van der Waals surface area contributed by atoms with Gasteiger partial charge in [0, 0.05) is 56.7 Å². The van der Waals surface area contributed by atoms with Gasteiger partial charge in [0.05, 0.1) is 5.75 Å². The molecule has 1 amide bonds. The highest BCUT2D eigenvalue weighted by Crippen LogP contribution is 2.21. The van der Waals surface area contributed by atoms with Crippen molar-refractivity contribution in [2.24, 2.45) is 7.05 Å². The summed E-state index contributed by atoms with van der Waals surface area (Å²) in [4.78, 5) is 29.6. The number of rotatable bonds is 8. The van der Waals surface area contributed by atoms with Gasteiger partial charge in [-0.05, 0) is 31.4 Å². The van der Waals surface area contributed by atoms with Gasteiger partial charge < -0.3 is 14.5 Å². The summed E-state index contributed by atoms with van der Waals surface area (Å²) in [6.45, 7) is 3.33. The number of hydrogen-bond acceptors (Lipinski definition) is 5. The van der Waals surface area contributed by atoms with Crippen molar-refractivity contribution in [2.75, 3.05) is 25.4 Å². The second kappa shape index (κ2) is 9.94. The van der Waals surface area contributed by atoms with Gasteiger partial charge in [0.1, 0.15) is 11.5 Å². The summed E-state index contributed by atoms with van der Waals surface area (Å²) >= 11 is 0. The van der Waals surface area contributed by atoms with Gasteiger partial charge in [-0.15, -0.1) is 0 Å². The van der Waals surface area contributed by atoms with Crippen LogP contribution in [0.5, 0.6) is 0 Å². The van der Waals surface area contributed by atoms with Crippen LogP contribution in [0.2, 0.25) is 0 Å². The van der Waals surface area contributed by atoms with Gasteiger partial charge in [-0.3, -0.25) is 9.59 Å². The molecule has 10 heteroatoms. The average Bonchev–Trinajstić information content (AvgIpc) is 3.49. The Bertz CT molecular complexity index is 1310. The number of sulfonamides is 1. The molecule has 34 heavy (non-hydrogen) atoms. The van der Waals surface area contributed by atoms with Crippen LogP contribution < -0.4 is 10.9 Å². The number of aromatic nitrogens is 3. The van der Waals surface area contributed by atoms with Crippen molar-refractivity contribution in [3.63, 3.8) is 0 Å². The van der Waals surface area contributed by atoms with Crippen molar-refractivity contribution >= 4 is 15.9 Å². The van der Waals surface area contributed by atoms with Crippen LogP contribution in [0.4, 0.5) is 0 Å². The molecule has 1 fully saturated rings. The minimum absolute atomic E-state index is 0.0114. The number of pyridine rings is 1. The van der Waals surface area contributed by atoms with E-state index in [1.54, 1.807) is 32.4 Å². The Morgan fingerprint density at radius 2 is 1.82 bits per heavy atom. The van der Waals surface area contributed by atoms with E-state index < -0.39 is 15.9 Å². The van der Waals surface area contributed by atoms with E-state index in [1.807, 2.05) is 34.9 Å². The molecule has 1 N–H and O–H groups in total. The minimum atomic E-state index is -3.38. The van der Waals surface area contributed by atoms with E-state index in [9.17, 15) is 18.0 Å². The first kappa shape index (κ1) is 23.9. The molecule has 0 aliphatic carbocycles. The first-order valence-electron chi connectivity index (χ1n) is 11.3.